The molecule has 0 aliphatic carbocycles. The summed E-state index contributed by atoms with van der Waals surface area (Å²) in [5.41, 5.74) is 0. The number of H-pyrrole nitrogens is 1. The van der Waals surface area contributed by atoms with Crippen molar-refractivity contribution in [2.24, 2.45) is 0 Å². The number of imidazole rings is 1. The molecular weight excluding hydrogens is 264 g/mol. The molecule has 0 saturated carbocycles. The van der Waals surface area contributed by atoms with Gasteiger partial charge in [-0.2, -0.15) is 0 Å². The molecule has 1 aromatic heterocycles. The zero-order valence-corrected chi connectivity index (χ0v) is 11.1. The number of piperidine rings is 1. The number of sulfonamides is 1. The van der Waals surface area contributed by atoms with E-state index in [0.717, 1.165) is 19.4 Å². The van der Waals surface area contributed by atoms with E-state index in [1.54, 1.807) is 0 Å². The van der Waals surface area contributed by atoms with Crippen molar-refractivity contribution in [1.29, 1.82) is 0 Å². The molecular formula is C9H17ClN4O2S. The maximum absolute atomic E-state index is 11.9. The van der Waals surface area contributed by atoms with Crippen LogP contribution in [0.15, 0.2) is 17.6 Å². The second-order valence-corrected chi connectivity index (χ2v) is 5.71. The molecule has 2 atom stereocenters. The van der Waals surface area contributed by atoms with Crippen molar-refractivity contribution in [3.05, 3.63) is 12.5 Å². The molecule has 2 heterocycles. The van der Waals surface area contributed by atoms with E-state index >= 15 is 0 Å². The van der Waals surface area contributed by atoms with Crippen LogP contribution >= 0.6 is 12.4 Å². The van der Waals surface area contributed by atoms with Gasteiger partial charge in [-0.3, -0.25) is 0 Å². The summed E-state index contributed by atoms with van der Waals surface area (Å²) >= 11 is 0. The van der Waals surface area contributed by atoms with Crippen LogP contribution in [0.25, 0.3) is 0 Å². The minimum Gasteiger partial charge on any atom is -0.335 e. The Balaban J connectivity index is 0.00000144. The van der Waals surface area contributed by atoms with E-state index in [9.17, 15) is 8.42 Å². The van der Waals surface area contributed by atoms with Crippen LogP contribution in [-0.2, 0) is 10.0 Å². The highest BCUT2D eigenvalue weighted by Gasteiger charge is 2.26. The van der Waals surface area contributed by atoms with Gasteiger partial charge in [-0.15, -0.1) is 12.4 Å². The molecule has 0 radical (unpaired) electrons. The van der Waals surface area contributed by atoms with Gasteiger partial charge >= 0.3 is 0 Å². The third-order valence-electron chi connectivity index (χ3n) is 2.83. The van der Waals surface area contributed by atoms with Gasteiger partial charge in [-0.1, -0.05) is 0 Å². The highest BCUT2D eigenvalue weighted by atomic mass is 35.5. The lowest BCUT2D eigenvalue weighted by molar-refractivity contribution is 0.348. The molecule has 1 aliphatic rings. The average Bonchev–Trinajstić information content (AvgIpc) is 2.75. The zero-order valence-electron chi connectivity index (χ0n) is 9.51. The van der Waals surface area contributed by atoms with Gasteiger partial charge in [0.25, 0.3) is 10.0 Å². The lowest BCUT2D eigenvalue weighted by atomic mass is 10.0. The Bertz CT molecular complexity index is 434. The number of nitrogens with zero attached hydrogens (tertiary/aromatic N) is 1. The van der Waals surface area contributed by atoms with Crippen molar-refractivity contribution in [1.82, 2.24) is 20.0 Å². The summed E-state index contributed by atoms with van der Waals surface area (Å²) in [5.74, 6) is 0. The Labute approximate surface area is 107 Å². The number of rotatable bonds is 3. The fraction of sp³-hybridized carbons (Fsp3) is 0.667. The summed E-state index contributed by atoms with van der Waals surface area (Å²) in [5, 5.41) is 3.36. The maximum atomic E-state index is 11.9. The van der Waals surface area contributed by atoms with Gasteiger partial charge in [0.1, 0.15) is 0 Å². The van der Waals surface area contributed by atoms with Gasteiger partial charge in [0.2, 0.25) is 0 Å². The number of nitrogens with one attached hydrogen (secondary N) is 3. The van der Waals surface area contributed by atoms with Crippen molar-refractivity contribution in [3.8, 4) is 0 Å². The smallest absolute Gasteiger partial charge is 0.257 e. The molecule has 8 heteroatoms. The SMILES string of the molecule is CC1NCCCC1NS(=O)(=O)c1cnc[nH]1.Cl. The first-order chi connectivity index (χ1) is 7.59. The number of hydrogen-bond donors (Lipinski definition) is 3. The van der Waals surface area contributed by atoms with E-state index in [4.69, 9.17) is 0 Å². The average molecular weight is 281 g/mol. The van der Waals surface area contributed by atoms with E-state index in [1.165, 1.54) is 12.5 Å². The minimum atomic E-state index is -3.46. The van der Waals surface area contributed by atoms with Gasteiger partial charge in [0.15, 0.2) is 5.03 Å². The fourth-order valence-electron chi connectivity index (χ4n) is 1.86. The van der Waals surface area contributed by atoms with Gasteiger partial charge in [-0.05, 0) is 26.3 Å². The van der Waals surface area contributed by atoms with Crippen molar-refractivity contribution in [3.63, 3.8) is 0 Å². The molecule has 17 heavy (non-hydrogen) atoms. The highest BCUT2D eigenvalue weighted by molar-refractivity contribution is 7.89. The quantitative estimate of drug-likeness (QED) is 0.741. The number of hydrogen-bond acceptors (Lipinski definition) is 4. The molecule has 1 fully saturated rings. The van der Waals surface area contributed by atoms with Crippen LogP contribution in [0, 0.1) is 0 Å². The Morgan fingerprint density at radius 3 is 2.88 bits per heavy atom. The molecule has 0 bridgehead atoms. The molecule has 98 valence electrons. The maximum Gasteiger partial charge on any atom is 0.257 e. The van der Waals surface area contributed by atoms with Crippen LogP contribution in [0.5, 0.6) is 0 Å². The molecule has 1 aromatic rings. The second-order valence-electron chi connectivity index (χ2n) is 4.03. The molecule has 0 aromatic carbocycles. The lowest BCUT2D eigenvalue weighted by Crippen LogP contribution is -2.51. The first-order valence-electron chi connectivity index (χ1n) is 5.34. The van der Waals surface area contributed by atoms with Gasteiger partial charge in [0, 0.05) is 12.1 Å². The Morgan fingerprint density at radius 1 is 1.53 bits per heavy atom. The Morgan fingerprint density at radius 2 is 2.29 bits per heavy atom. The predicted octanol–water partition coefficient (Wildman–Crippen LogP) is 0.250. The third kappa shape index (κ3) is 3.41. The first-order valence-corrected chi connectivity index (χ1v) is 6.82. The monoisotopic (exact) mass is 280 g/mol. The molecule has 6 nitrogen and oxygen atoms in total. The standard InChI is InChI=1S/C9H16N4O2S.ClH/c1-7-8(3-2-4-11-7)13-16(14,15)9-5-10-6-12-9;/h5-8,11,13H,2-4H2,1H3,(H,10,12);1H. The summed E-state index contributed by atoms with van der Waals surface area (Å²) in [7, 11) is -3.46. The minimum absolute atomic E-state index is 0. The number of halogens is 1. The van der Waals surface area contributed by atoms with Crippen LogP contribution in [0.3, 0.4) is 0 Å². The van der Waals surface area contributed by atoms with E-state index < -0.39 is 10.0 Å². The first kappa shape index (κ1) is 14.4. The summed E-state index contributed by atoms with van der Waals surface area (Å²) in [6.45, 7) is 2.93. The highest BCUT2D eigenvalue weighted by Crippen LogP contribution is 2.12. The second kappa shape index (κ2) is 5.81. The van der Waals surface area contributed by atoms with Crippen molar-refractivity contribution in [2.75, 3.05) is 6.54 Å². The Hall–Kier alpha value is -0.630. The van der Waals surface area contributed by atoms with E-state index in [2.05, 4.69) is 20.0 Å². The third-order valence-corrected chi connectivity index (χ3v) is 4.25. The normalized spacial score (nSPS) is 25.2. The molecule has 2 unspecified atom stereocenters. The van der Waals surface area contributed by atoms with Crippen LogP contribution < -0.4 is 10.0 Å². The number of aromatic nitrogens is 2. The Kier molecular flexibility index (Phi) is 4.93. The molecule has 0 spiro atoms. The summed E-state index contributed by atoms with van der Waals surface area (Å²) < 4.78 is 26.5. The number of aromatic amines is 1. The summed E-state index contributed by atoms with van der Waals surface area (Å²) in [6, 6.07) is 0.105. The largest absolute Gasteiger partial charge is 0.335 e. The zero-order chi connectivity index (χ0) is 11.6. The van der Waals surface area contributed by atoms with E-state index in [0.29, 0.717) is 0 Å². The van der Waals surface area contributed by atoms with Gasteiger partial charge in [0.05, 0.1) is 12.5 Å². The van der Waals surface area contributed by atoms with Crippen LogP contribution in [-0.4, -0.2) is 37.0 Å². The van der Waals surface area contributed by atoms with E-state index in [-0.39, 0.29) is 29.5 Å². The van der Waals surface area contributed by atoms with Crippen molar-refractivity contribution in [2.45, 2.75) is 36.9 Å². The van der Waals surface area contributed by atoms with Crippen molar-refractivity contribution < 1.29 is 8.42 Å². The molecule has 1 saturated heterocycles. The van der Waals surface area contributed by atoms with E-state index in [1.807, 2.05) is 6.92 Å². The molecule has 0 amide bonds. The van der Waals surface area contributed by atoms with Gasteiger partial charge < -0.3 is 10.3 Å². The van der Waals surface area contributed by atoms with Crippen LogP contribution in [0.1, 0.15) is 19.8 Å². The fourth-order valence-corrected chi connectivity index (χ4v) is 3.11. The van der Waals surface area contributed by atoms with Gasteiger partial charge in [-0.25, -0.2) is 18.1 Å². The van der Waals surface area contributed by atoms with Crippen LogP contribution in [0.4, 0.5) is 0 Å². The molecule has 2 rings (SSSR count). The summed E-state index contributed by atoms with van der Waals surface area (Å²) in [6.07, 6.45) is 4.52. The van der Waals surface area contributed by atoms with Crippen molar-refractivity contribution >= 4 is 22.4 Å². The molecule has 3 N–H and O–H groups in total. The summed E-state index contributed by atoms with van der Waals surface area (Å²) in [4.78, 5) is 6.31. The van der Waals surface area contributed by atoms with Crippen LogP contribution in [0.2, 0.25) is 0 Å². The predicted molar refractivity (Wildman–Crippen MR) is 66.6 cm³/mol. The topological polar surface area (TPSA) is 86.9 Å². The molecule has 1 aliphatic heterocycles. The lowest BCUT2D eigenvalue weighted by Gasteiger charge is -2.30.